The van der Waals surface area contributed by atoms with E-state index in [1.54, 1.807) is 24.3 Å². The third-order valence-electron chi connectivity index (χ3n) is 3.83. The Kier molecular flexibility index (Phi) is 8.29. The molecule has 0 aliphatic heterocycles. The van der Waals surface area contributed by atoms with Gasteiger partial charge in [0.1, 0.15) is 4.88 Å². The Balaban J connectivity index is 2.06. The van der Waals surface area contributed by atoms with E-state index in [2.05, 4.69) is 26.3 Å². The van der Waals surface area contributed by atoms with E-state index in [1.165, 1.54) is 13.8 Å². The molecule has 0 saturated heterocycles. The first-order chi connectivity index (χ1) is 14.2. The lowest BCUT2D eigenvalue weighted by Crippen LogP contribution is -2.33. The third kappa shape index (κ3) is 7.51. The molecule has 0 bridgehead atoms. The number of nitrogens with zero attached hydrogens (tertiary/aromatic N) is 1. The maximum absolute atomic E-state index is 12.5. The molecular formula is C19H23N5O5S. The minimum absolute atomic E-state index is 0.180. The van der Waals surface area contributed by atoms with Gasteiger partial charge >= 0.3 is 6.09 Å². The second-order valence-corrected chi connectivity index (χ2v) is 7.34. The number of aryl methyl sites for hydroxylation is 2. The van der Waals surface area contributed by atoms with Gasteiger partial charge in [-0.25, -0.2) is 9.78 Å². The summed E-state index contributed by atoms with van der Waals surface area (Å²) in [5, 5.41) is 19.3. The molecule has 0 radical (unpaired) electrons. The molecule has 0 atom stereocenters. The van der Waals surface area contributed by atoms with Gasteiger partial charge in [-0.1, -0.05) is 23.5 Å². The summed E-state index contributed by atoms with van der Waals surface area (Å²) in [5.74, 6) is -0.792. The molecule has 11 heteroatoms. The summed E-state index contributed by atoms with van der Waals surface area (Å²) in [6.07, 6.45) is -0.108. The smallest absolute Gasteiger partial charge is 0.409 e. The molecule has 2 rings (SSSR count). The number of amides is 4. The van der Waals surface area contributed by atoms with Crippen molar-refractivity contribution < 1.29 is 24.3 Å². The van der Waals surface area contributed by atoms with Crippen molar-refractivity contribution in [1.29, 1.82) is 0 Å². The fourth-order valence-electron chi connectivity index (χ4n) is 2.54. The highest BCUT2D eigenvalue weighted by Crippen LogP contribution is 2.24. The molecule has 1 aromatic carbocycles. The van der Waals surface area contributed by atoms with Gasteiger partial charge in [-0.2, -0.15) is 0 Å². The van der Waals surface area contributed by atoms with Crippen LogP contribution in [-0.4, -0.2) is 47.0 Å². The first-order valence-corrected chi connectivity index (χ1v) is 9.95. The molecule has 1 aromatic heterocycles. The number of rotatable bonds is 9. The molecule has 10 nitrogen and oxygen atoms in total. The van der Waals surface area contributed by atoms with Crippen LogP contribution in [0.3, 0.4) is 0 Å². The molecule has 1 heterocycles. The van der Waals surface area contributed by atoms with Gasteiger partial charge in [-0.3, -0.25) is 19.7 Å². The molecule has 0 spiro atoms. The summed E-state index contributed by atoms with van der Waals surface area (Å²) in [5.41, 5.74) is 1.96. The SMILES string of the molecule is CC(=O)NCCNC(=O)c1sc(NC(C)=O)nc1CCc1ccc(NC(=O)O)cc1. The van der Waals surface area contributed by atoms with E-state index in [9.17, 15) is 19.2 Å². The van der Waals surface area contributed by atoms with Crippen molar-refractivity contribution in [1.82, 2.24) is 15.6 Å². The highest BCUT2D eigenvalue weighted by atomic mass is 32.1. The first kappa shape index (κ1) is 22.8. The predicted molar refractivity (Wildman–Crippen MR) is 113 cm³/mol. The Morgan fingerprint density at radius 2 is 1.60 bits per heavy atom. The van der Waals surface area contributed by atoms with Crippen LogP contribution in [-0.2, 0) is 22.4 Å². The van der Waals surface area contributed by atoms with Crippen LogP contribution in [0.5, 0.6) is 0 Å². The molecule has 0 aliphatic carbocycles. The van der Waals surface area contributed by atoms with Crippen LogP contribution in [0.1, 0.15) is 34.8 Å². The monoisotopic (exact) mass is 433 g/mol. The number of thiazole rings is 1. The number of aromatic nitrogens is 1. The molecule has 160 valence electrons. The fraction of sp³-hybridized carbons (Fsp3) is 0.316. The van der Waals surface area contributed by atoms with E-state index in [-0.39, 0.29) is 24.3 Å². The summed E-state index contributed by atoms with van der Waals surface area (Å²) in [7, 11) is 0. The van der Waals surface area contributed by atoms with Gasteiger partial charge in [-0.05, 0) is 30.5 Å². The van der Waals surface area contributed by atoms with E-state index < -0.39 is 6.09 Å². The lowest BCUT2D eigenvalue weighted by molar-refractivity contribution is -0.119. The van der Waals surface area contributed by atoms with Crippen LogP contribution in [0.2, 0.25) is 0 Å². The van der Waals surface area contributed by atoms with Crippen molar-refractivity contribution in [2.45, 2.75) is 26.7 Å². The zero-order valence-corrected chi connectivity index (χ0v) is 17.4. The number of hydrogen-bond acceptors (Lipinski definition) is 6. The molecule has 30 heavy (non-hydrogen) atoms. The van der Waals surface area contributed by atoms with Gasteiger partial charge in [0, 0.05) is 32.6 Å². The molecule has 2 aromatic rings. The number of carboxylic acid groups (broad SMARTS) is 1. The topological polar surface area (TPSA) is 150 Å². The molecule has 5 N–H and O–H groups in total. The average Bonchev–Trinajstić information content (AvgIpc) is 3.06. The van der Waals surface area contributed by atoms with Crippen molar-refractivity contribution in [3.8, 4) is 0 Å². The van der Waals surface area contributed by atoms with Crippen LogP contribution < -0.4 is 21.3 Å². The lowest BCUT2D eigenvalue weighted by atomic mass is 10.1. The maximum atomic E-state index is 12.5. The van der Waals surface area contributed by atoms with Gasteiger partial charge in [-0.15, -0.1) is 0 Å². The zero-order chi connectivity index (χ0) is 22.1. The summed E-state index contributed by atoms with van der Waals surface area (Å²) < 4.78 is 0. The highest BCUT2D eigenvalue weighted by molar-refractivity contribution is 7.17. The van der Waals surface area contributed by atoms with Gasteiger partial charge in [0.25, 0.3) is 5.91 Å². The van der Waals surface area contributed by atoms with Crippen LogP contribution in [0, 0.1) is 0 Å². The van der Waals surface area contributed by atoms with Crippen molar-refractivity contribution in [2.24, 2.45) is 0 Å². The number of nitrogens with one attached hydrogen (secondary N) is 4. The number of carbonyl (C=O) groups is 4. The van der Waals surface area contributed by atoms with Crippen molar-refractivity contribution >= 4 is 46.0 Å². The minimum atomic E-state index is -1.13. The van der Waals surface area contributed by atoms with Crippen molar-refractivity contribution in [2.75, 3.05) is 23.7 Å². The standard InChI is InChI=1S/C19H23N5O5S/c1-11(25)20-9-10-21-17(27)16-15(24-18(30-16)22-12(2)26)8-5-13-3-6-14(7-4-13)23-19(28)29/h3-4,6-7,23H,5,8-10H2,1-2H3,(H,20,25)(H,21,27)(H,28,29)(H,22,24,26). The van der Waals surface area contributed by atoms with E-state index in [4.69, 9.17) is 5.11 Å². The molecule has 0 unspecified atom stereocenters. The fourth-order valence-corrected chi connectivity index (χ4v) is 3.51. The quantitative estimate of drug-likeness (QED) is 0.381. The van der Waals surface area contributed by atoms with Crippen LogP contribution in [0.15, 0.2) is 24.3 Å². The number of anilines is 2. The summed E-state index contributed by atoms with van der Waals surface area (Å²) in [4.78, 5) is 50.2. The normalized spacial score (nSPS) is 10.2. The molecule has 0 aliphatic rings. The van der Waals surface area contributed by atoms with E-state index in [0.29, 0.717) is 40.8 Å². The highest BCUT2D eigenvalue weighted by Gasteiger charge is 2.18. The Morgan fingerprint density at radius 1 is 0.933 bits per heavy atom. The Morgan fingerprint density at radius 3 is 2.20 bits per heavy atom. The Labute approximate surface area is 177 Å². The predicted octanol–water partition coefficient (Wildman–Crippen LogP) is 1.84. The van der Waals surface area contributed by atoms with Crippen LogP contribution in [0.25, 0.3) is 0 Å². The van der Waals surface area contributed by atoms with Gasteiger partial charge in [0.15, 0.2) is 5.13 Å². The van der Waals surface area contributed by atoms with Gasteiger partial charge in [0.2, 0.25) is 11.8 Å². The van der Waals surface area contributed by atoms with Crippen LogP contribution >= 0.6 is 11.3 Å². The minimum Gasteiger partial charge on any atom is -0.465 e. The number of carbonyl (C=O) groups excluding carboxylic acids is 3. The Hall–Kier alpha value is -3.47. The van der Waals surface area contributed by atoms with E-state index in [0.717, 1.165) is 16.9 Å². The second-order valence-electron chi connectivity index (χ2n) is 6.34. The first-order valence-electron chi connectivity index (χ1n) is 9.13. The third-order valence-corrected chi connectivity index (χ3v) is 4.84. The summed E-state index contributed by atoms with van der Waals surface area (Å²) >= 11 is 1.09. The zero-order valence-electron chi connectivity index (χ0n) is 16.6. The Bertz CT molecular complexity index is 926. The summed E-state index contributed by atoms with van der Waals surface area (Å²) in [6.45, 7) is 3.34. The average molecular weight is 433 g/mol. The van der Waals surface area contributed by atoms with Crippen LogP contribution in [0.4, 0.5) is 15.6 Å². The van der Waals surface area contributed by atoms with E-state index >= 15 is 0 Å². The van der Waals surface area contributed by atoms with Crippen molar-refractivity contribution in [3.63, 3.8) is 0 Å². The number of hydrogen-bond donors (Lipinski definition) is 5. The summed E-state index contributed by atoms with van der Waals surface area (Å²) in [6, 6.07) is 6.89. The molecule has 0 fully saturated rings. The molecule has 4 amide bonds. The maximum Gasteiger partial charge on any atom is 0.409 e. The van der Waals surface area contributed by atoms with Gasteiger partial charge in [0.05, 0.1) is 5.69 Å². The lowest BCUT2D eigenvalue weighted by Gasteiger charge is -2.06. The molecule has 0 saturated carbocycles. The van der Waals surface area contributed by atoms with E-state index in [1.807, 2.05) is 0 Å². The molecular weight excluding hydrogens is 410 g/mol. The number of benzene rings is 1. The second kappa shape index (κ2) is 10.9. The van der Waals surface area contributed by atoms with Gasteiger partial charge < -0.3 is 21.1 Å². The van der Waals surface area contributed by atoms with Crippen molar-refractivity contribution in [3.05, 3.63) is 40.4 Å². The largest absolute Gasteiger partial charge is 0.465 e.